The first kappa shape index (κ1) is 12.2. The molecule has 2 aromatic carbocycles. The molecule has 1 aliphatic rings. The van der Waals surface area contributed by atoms with Crippen molar-refractivity contribution in [1.82, 2.24) is 4.90 Å². The summed E-state index contributed by atoms with van der Waals surface area (Å²) in [5.41, 5.74) is 6.92. The van der Waals surface area contributed by atoms with Crippen LogP contribution in [0.15, 0.2) is 42.5 Å². The van der Waals surface area contributed by atoms with E-state index >= 15 is 0 Å². The van der Waals surface area contributed by atoms with Gasteiger partial charge in [-0.15, -0.1) is 0 Å². The molecule has 19 heavy (non-hydrogen) atoms. The average molecular weight is 252 g/mol. The van der Waals surface area contributed by atoms with Crippen LogP contribution in [0.1, 0.15) is 11.1 Å². The molecule has 0 aromatic heterocycles. The molecule has 98 valence electrons. The van der Waals surface area contributed by atoms with Gasteiger partial charge in [0, 0.05) is 18.8 Å². The van der Waals surface area contributed by atoms with Gasteiger partial charge in [0.25, 0.3) is 0 Å². The molecule has 0 fully saturated rings. The first-order chi connectivity index (χ1) is 9.24. The van der Waals surface area contributed by atoms with Crippen molar-refractivity contribution in [2.45, 2.75) is 6.42 Å². The van der Waals surface area contributed by atoms with Crippen LogP contribution in [0.4, 0.5) is 5.69 Å². The minimum absolute atomic E-state index is 0.985. The highest BCUT2D eigenvalue weighted by atomic mass is 15.1. The topological polar surface area (TPSA) is 15.3 Å². The number of nitrogens with one attached hydrogen (secondary N) is 1. The minimum atomic E-state index is 0.985. The normalized spacial score (nSPS) is 12.4. The summed E-state index contributed by atoms with van der Waals surface area (Å²) < 4.78 is 0. The molecule has 2 nitrogen and oxygen atoms in total. The fourth-order valence-electron chi connectivity index (χ4n) is 2.68. The summed E-state index contributed by atoms with van der Waals surface area (Å²) >= 11 is 0. The second-order valence-corrected chi connectivity index (χ2v) is 5.44. The summed E-state index contributed by atoms with van der Waals surface area (Å²) in [7, 11) is 4.20. The van der Waals surface area contributed by atoms with Crippen LogP contribution in [0.3, 0.4) is 0 Å². The van der Waals surface area contributed by atoms with E-state index in [0.717, 1.165) is 19.5 Å². The Labute approximate surface area is 115 Å². The molecule has 3 rings (SSSR count). The zero-order chi connectivity index (χ0) is 13.2. The lowest BCUT2D eigenvalue weighted by atomic mass is 10.1. The van der Waals surface area contributed by atoms with Crippen LogP contribution in [0, 0.1) is 0 Å². The molecule has 0 unspecified atom stereocenters. The van der Waals surface area contributed by atoms with Crippen LogP contribution in [0.5, 0.6) is 0 Å². The van der Waals surface area contributed by atoms with Gasteiger partial charge in [-0.2, -0.15) is 0 Å². The molecule has 2 aromatic rings. The molecule has 0 heterocycles. The van der Waals surface area contributed by atoms with Gasteiger partial charge in [0.2, 0.25) is 0 Å². The largest absolute Gasteiger partial charge is 0.384 e. The van der Waals surface area contributed by atoms with E-state index in [1.54, 1.807) is 0 Å². The second-order valence-electron chi connectivity index (χ2n) is 5.44. The maximum absolute atomic E-state index is 3.49. The number of benzene rings is 2. The Morgan fingerprint density at radius 3 is 2.63 bits per heavy atom. The number of anilines is 1. The summed E-state index contributed by atoms with van der Waals surface area (Å²) in [5, 5.41) is 3.49. The Kier molecular flexibility index (Phi) is 3.26. The Morgan fingerprint density at radius 1 is 1.00 bits per heavy atom. The van der Waals surface area contributed by atoms with E-state index in [4.69, 9.17) is 0 Å². The zero-order valence-corrected chi connectivity index (χ0v) is 11.6. The molecule has 0 atom stereocenters. The fourth-order valence-corrected chi connectivity index (χ4v) is 2.68. The summed E-state index contributed by atoms with van der Waals surface area (Å²) in [6.45, 7) is 2.04. The van der Waals surface area contributed by atoms with Gasteiger partial charge < -0.3 is 10.2 Å². The van der Waals surface area contributed by atoms with Crippen molar-refractivity contribution in [1.29, 1.82) is 0 Å². The van der Waals surface area contributed by atoms with Gasteiger partial charge in [-0.25, -0.2) is 0 Å². The van der Waals surface area contributed by atoms with Crippen molar-refractivity contribution in [3.05, 3.63) is 53.6 Å². The summed E-state index contributed by atoms with van der Waals surface area (Å²) in [4.78, 5) is 2.19. The van der Waals surface area contributed by atoms with Gasteiger partial charge in [-0.1, -0.05) is 30.3 Å². The van der Waals surface area contributed by atoms with E-state index in [-0.39, 0.29) is 0 Å². The summed E-state index contributed by atoms with van der Waals surface area (Å²) in [6, 6.07) is 15.4. The summed E-state index contributed by atoms with van der Waals surface area (Å²) in [6.07, 6.45) is 1.06. The predicted octanol–water partition coefficient (Wildman–Crippen LogP) is 3.23. The third-order valence-corrected chi connectivity index (χ3v) is 3.68. The lowest BCUT2D eigenvalue weighted by Gasteiger charge is -2.12. The second kappa shape index (κ2) is 5.06. The van der Waals surface area contributed by atoms with E-state index in [1.165, 1.54) is 27.9 Å². The molecular weight excluding hydrogens is 232 g/mol. The molecular formula is C17H20N2. The quantitative estimate of drug-likeness (QED) is 0.767. The Morgan fingerprint density at radius 2 is 1.79 bits per heavy atom. The van der Waals surface area contributed by atoms with Gasteiger partial charge in [-0.3, -0.25) is 0 Å². The van der Waals surface area contributed by atoms with Gasteiger partial charge in [-0.05, 0) is 54.9 Å². The van der Waals surface area contributed by atoms with Crippen LogP contribution in [-0.2, 0) is 6.42 Å². The maximum atomic E-state index is 3.49. The van der Waals surface area contributed by atoms with Crippen LogP contribution in [0.25, 0.3) is 11.1 Å². The minimum Gasteiger partial charge on any atom is -0.384 e. The van der Waals surface area contributed by atoms with Crippen LogP contribution in [0.2, 0.25) is 0 Å². The number of rotatable bonds is 4. The third kappa shape index (κ3) is 2.49. The van der Waals surface area contributed by atoms with Crippen molar-refractivity contribution in [3.63, 3.8) is 0 Å². The molecule has 0 bridgehead atoms. The number of nitrogens with zero attached hydrogens (tertiary/aromatic N) is 1. The average Bonchev–Trinajstić information content (AvgIpc) is 2.76. The first-order valence-electron chi connectivity index (χ1n) is 6.84. The van der Waals surface area contributed by atoms with Crippen molar-refractivity contribution in [3.8, 4) is 11.1 Å². The van der Waals surface area contributed by atoms with Gasteiger partial charge in [0.05, 0.1) is 0 Å². The molecule has 1 N–H and O–H groups in total. The van der Waals surface area contributed by atoms with Crippen LogP contribution >= 0.6 is 0 Å². The highest BCUT2D eigenvalue weighted by molar-refractivity contribution is 5.78. The molecule has 0 spiro atoms. The highest BCUT2D eigenvalue weighted by Crippen LogP contribution is 2.37. The molecule has 0 aliphatic heterocycles. The van der Waals surface area contributed by atoms with E-state index in [0.29, 0.717) is 0 Å². The molecule has 0 radical (unpaired) electrons. The molecule has 0 saturated heterocycles. The zero-order valence-electron chi connectivity index (χ0n) is 11.6. The van der Waals surface area contributed by atoms with E-state index < -0.39 is 0 Å². The lowest BCUT2D eigenvalue weighted by molar-refractivity contribution is 0.425. The van der Waals surface area contributed by atoms with Crippen LogP contribution in [-0.4, -0.2) is 32.1 Å². The van der Waals surface area contributed by atoms with Crippen molar-refractivity contribution in [2.75, 3.05) is 32.5 Å². The van der Waals surface area contributed by atoms with Gasteiger partial charge in [0.15, 0.2) is 0 Å². The Balaban J connectivity index is 1.78. The molecule has 0 saturated carbocycles. The summed E-state index contributed by atoms with van der Waals surface area (Å²) in [5.74, 6) is 0. The number of hydrogen-bond acceptors (Lipinski definition) is 2. The number of hydrogen-bond donors (Lipinski definition) is 1. The number of fused-ring (bicyclic) bond motifs is 3. The molecule has 2 heteroatoms. The maximum Gasteiger partial charge on any atom is 0.0343 e. The highest BCUT2D eigenvalue weighted by Gasteiger charge is 2.17. The van der Waals surface area contributed by atoms with E-state index in [2.05, 4.69) is 66.8 Å². The molecule has 0 amide bonds. The van der Waals surface area contributed by atoms with Crippen molar-refractivity contribution in [2.24, 2.45) is 0 Å². The lowest BCUT2D eigenvalue weighted by Crippen LogP contribution is -2.20. The monoisotopic (exact) mass is 252 g/mol. The molecule has 1 aliphatic carbocycles. The fraction of sp³-hybridized carbons (Fsp3) is 0.294. The van der Waals surface area contributed by atoms with Gasteiger partial charge in [0.1, 0.15) is 0 Å². The Hall–Kier alpha value is -1.80. The van der Waals surface area contributed by atoms with Crippen molar-refractivity contribution < 1.29 is 0 Å². The van der Waals surface area contributed by atoms with Crippen molar-refractivity contribution >= 4 is 5.69 Å². The van der Waals surface area contributed by atoms with E-state index in [1.807, 2.05) is 0 Å². The SMILES string of the molecule is CN(C)CCNc1ccc2c(c1)Cc1ccccc1-2. The van der Waals surface area contributed by atoms with E-state index in [9.17, 15) is 0 Å². The first-order valence-corrected chi connectivity index (χ1v) is 6.84. The predicted molar refractivity (Wildman–Crippen MR) is 81.7 cm³/mol. The van der Waals surface area contributed by atoms with Crippen LogP contribution < -0.4 is 5.32 Å². The van der Waals surface area contributed by atoms with Gasteiger partial charge >= 0.3 is 0 Å². The Bertz CT molecular complexity index is 588. The third-order valence-electron chi connectivity index (χ3n) is 3.68. The smallest absolute Gasteiger partial charge is 0.0343 e. The number of likely N-dealkylation sites (N-methyl/N-ethyl adjacent to an activating group) is 1. The standard InChI is InChI=1S/C17H20N2/c1-19(2)10-9-18-15-7-8-17-14(12-15)11-13-5-3-4-6-16(13)17/h3-8,12,18H,9-11H2,1-2H3.